The van der Waals surface area contributed by atoms with E-state index in [1.807, 2.05) is 13.8 Å². The van der Waals surface area contributed by atoms with Gasteiger partial charge in [-0.05, 0) is 24.1 Å². The van der Waals surface area contributed by atoms with E-state index in [-0.39, 0.29) is 11.7 Å². The molecule has 1 aromatic carbocycles. The molecule has 2 atom stereocenters. The van der Waals surface area contributed by atoms with Crippen LogP contribution in [-0.4, -0.2) is 5.78 Å². The van der Waals surface area contributed by atoms with Gasteiger partial charge in [-0.15, -0.1) is 0 Å². The molecular weight excluding hydrogens is 234 g/mol. The minimum absolute atomic E-state index is 0.00308. The van der Waals surface area contributed by atoms with E-state index in [0.717, 1.165) is 18.4 Å². The Hall–Kier alpha value is -1.33. The molecule has 0 radical (unpaired) electrons. The maximum absolute atomic E-state index is 12.1. The van der Waals surface area contributed by atoms with Crippen LogP contribution in [-0.2, 0) is 4.79 Å². The summed E-state index contributed by atoms with van der Waals surface area (Å²) in [4.78, 5) is 12.1. The zero-order valence-electron chi connectivity index (χ0n) is 10.1. The topological polar surface area (TPSA) is 40.9 Å². The summed E-state index contributed by atoms with van der Waals surface area (Å²) >= 11 is 5.78. The van der Waals surface area contributed by atoms with Crippen LogP contribution >= 0.6 is 11.6 Å². The van der Waals surface area contributed by atoms with Crippen LogP contribution in [0.1, 0.15) is 38.2 Å². The zero-order valence-corrected chi connectivity index (χ0v) is 10.9. The van der Waals surface area contributed by atoms with Crippen LogP contribution in [0.25, 0.3) is 0 Å². The molecule has 0 aliphatic carbocycles. The van der Waals surface area contributed by atoms with Gasteiger partial charge in [0.05, 0.1) is 6.07 Å². The van der Waals surface area contributed by atoms with E-state index in [4.69, 9.17) is 16.9 Å². The van der Waals surface area contributed by atoms with Gasteiger partial charge in [0.25, 0.3) is 0 Å². The average molecular weight is 250 g/mol. The van der Waals surface area contributed by atoms with Crippen LogP contribution in [0, 0.1) is 17.2 Å². The van der Waals surface area contributed by atoms with Crippen molar-refractivity contribution in [2.75, 3.05) is 0 Å². The van der Waals surface area contributed by atoms with E-state index >= 15 is 0 Å². The fourth-order valence-corrected chi connectivity index (χ4v) is 1.94. The number of hydrogen-bond donors (Lipinski definition) is 0. The van der Waals surface area contributed by atoms with Gasteiger partial charge in [0.2, 0.25) is 0 Å². The summed E-state index contributed by atoms with van der Waals surface area (Å²) in [5.74, 6) is -0.745. The predicted molar refractivity (Wildman–Crippen MR) is 68.9 cm³/mol. The quantitative estimate of drug-likeness (QED) is 0.793. The van der Waals surface area contributed by atoms with E-state index in [2.05, 4.69) is 6.07 Å². The summed E-state index contributed by atoms with van der Waals surface area (Å²) in [6.07, 6.45) is 1.77. The Morgan fingerprint density at radius 2 is 2.00 bits per heavy atom. The van der Waals surface area contributed by atoms with E-state index < -0.39 is 5.92 Å². The highest BCUT2D eigenvalue weighted by Crippen LogP contribution is 2.23. The van der Waals surface area contributed by atoms with Gasteiger partial charge in [-0.3, -0.25) is 4.79 Å². The first-order valence-corrected chi connectivity index (χ1v) is 6.16. The first-order valence-electron chi connectivity index (χ1n) is 5.79. The Labute approximate surface area is 107 Å². The molecule has 0 saturated carbocycles. The lowest BCUT2D eigenvalue weighted by molar-refractivity contribution is -0.122. The van der Waals surface area contributed by atoms with Crippen molar-refractivity contribution in [1.29, 1.82) is 5.26 Å². The van der Waals surface area contributed by atoms with Gasteiger partial charge >= 0.3 is 0 Å². The van der Waals surface area contributed by atoms with Gasteiger partial charge in [-0.25, -0.2) is 0 Å². The van der Waals surface area contributed by atoms with Crippen LogP contribution < -0.4 is 0 Å². The number of carbonyl (C=O) groups excluding carboxylic acids is 1. The summed E-state index contributed by atoms with van der Waals surface area (Å²) in [6.45, 7) is 3.92. The molecule has 2 unspecified atom stereocenters. The molecule has 0 spiro atoms. The second-order valence-electron chi connectivity index (χ2n) is 4.21. The van der Waals surface area contributed by atoms with Crippen molar-refractivity contribution in [1.82, 2.24) is 0 Å². The van der Waals surface area contributed by atoms with E-state index in [9.17, 15) is 4.79 Å². The number of nitrogens with zero attached hydrogens (tertiary/aromatic N) is 1. The number of nitriles is 1. The van der Waals surface area contributed by atoms with Crippen LogP contribution in [0.3, 0.4) is 0 Å². The van der Waals surface area contributed by atoms with Gasteiger partial charge < -0.3 is 0 Å². The molecule has 0 fully saturated rings. The van der Waals surface area contributed by atoms with Crippen LogP contribution in [0.4, 0.5) is 0 Å². The third-order valence-corrected chi connectivity index (χ3v) is 3.08. The maximum atomic E-state index is 12.1. The highest BCUT2D eigenvalue weighted by molar-refractivity contribution is 6.30. The van der Waals surface area contributed by atoms with Crippen molar-refractivity contribution < 1.29 is 4.79 Å². The monoisotopic (exact) mass is 249 g/mol. The molecule has 0 amide bonds. The number of rotatable bonds is 5. The number of hydrogen-bond acceptors (Lipinski definition) is 2. The van der Waals surface area contributed by atoms with Crippen molar-refractivity contribution in [3.8, 4) is 6.07 Å². The third-order valence-electron chi connectivity index (χ3n) is 2.82. The van der Waals surface area contributed by atoms with E-state index in [0.29, 0.717) is 5.02 Å². The smallest absolute Gasteiger partial charge is 0.157 e. The molecular formula is C14H16ClNO. The van der Waals surface area contributed by atoms with Crippen molar-refractivity contribution in [2.45, 2.75) is 32.6 Å². The first-order chi connectivity index (χ1) is 8.10. The molecule has 1 rings (SSSR count). The molecule has 0 aliphatic rings. The number of halogens is 1. The molecule has 0 heterocycles. The minimum Gasteiger partial charge on any atom is -0.298 e. The van der Waals surface area contributed by atoms with Gasteiger partial charge in [0, 0.05) is 10.9 Å². The van der Waals surface area contributed by atoms with Crippen molar-refractivity contribution >= 4 is 17.4 Å². The van der Waals surface area contributed by atoms with E-state index in [1.165, 1.54) is 0 Å². The first kappa shape index (κ1) is 13.7. The van der Waals surface area contributed by atoms with Gasteiger partial charge in [-0.1, -0.05) is 44.0 Å². The lowest BCUT2D eigenvalue weighted by atomic mass is 9.87. The molecule has 0 bridgehead atoms. The SMILES string of the molecule is CCCC(C)C(=O)C(C#N)c1ccc(Cl)cc1. The van der Waals surface area contributed by atoms with Crippen LogP contribution in [0.15, 0.2) is 24.3 Å². The minimum atomic E-state index is -0.672. The second kappa shape index (κ2) is 6.42. The molecule has 0 N–H and O–H groups in total. The third kappa shape index (κ3) is 3.57. The standard InChI is InChI=1S/C14H16ClNO/c1-3-4-10(2)14(17)13(9-16)11-5-7-12(15)8-6-11/h5-8,10,13H,3-4H2,1-2H3. The highest BCUT2D eigenvalue weighted by Gasteiger charge is 2.24. The van der Waals surface area contributed by atoms with Crippen molar-refractivity contribution in [2.24, 2.45) is 5.92 Å². The summed E-state index contributed by atoms with van der Waals surface area (Å²) in [5, 5.41) is 9.74. The summed E-state index contributed by atoms with van der Waals surface area (Å²) < 4.78 is 0. The molecule has 0 saturated heterocycles. The number of benzene rings is 1. The predicted octanol–water partition coefficient (Wildman–Crippen LogP) is 3.95. The fourth-order valence-electron chi connectivity index (χ4n) is 1.82. The lowest BCUT2D eigenvalue weighted by Gasteiger charge is -2.14. The van der Waals surface area contributed by atoms with Gasteiger partial charge in [-0.2, -0.15) is 5.26 Å². The lowest BCUT2D eigenvalue weighted by Crippen LogP contribution is -2.18. The number of Topliss-reactive ketones (excluding diaryl/α,β-unsaturated/α-hetero) is 1. The molecule has 90 valence electrons. The summed E-state index contributed by atoms with van der Waals surface area (Å²) in [5.41, 5.74) is 0.727. The Kier molecular flexibility index (Phi) is 5.18. The Morgan fingerprint density at radius 1 is 1.41 bits per heavy atom. The molecule has 0 aliphatic heterocycles. The number of carbonyl (C=O) groups is 1. The molecule has 3 heteroatoms. The van der Waals surface area contributed by atoms with E-state index in [1.54, 1.807) is 24.3 Å². The maximum Gasteiger partial charge on any atom is 0.157 e. The van der Waals surface area contributed by atoms with Crippen LogP contribution in [0.2, 0.25) is 5.02 Å². The molecule has 2 nitrogen and oxygen atoms in total. The number of ketones is 1. The zero-order chi connectivity index (χ0) is 12.8. The molecule has 17 heavy (non-hydrogen) atoms. The second-order valence-corrected chi connectivity index (χ2v) is 4.64. The van der Waals surface area contributed by atoms with Crippen molar-refractivity contribution in [3.63, 3.8) is 0 Å². The van der Waals surface area contributed by atoms with Crippen molar-refractivity contribution in [3.05, 3.63) is 34.9 Å². The fraction of sp³-hybridized carbons (Fsp3) is 0.429. The van der Waals surface area contributed by atoms with Gasteiger partial charge in [0.15, 0.2) is 5.78 Å². The van der Waals surface area contributed by atoms with Gasteiger partial charge in [0.1, 0.15) is 5.92 Å². The average Bonchev–Trinajstić information content (AvgIpc) is 2.32. The highest BCUT2D eigenvalue weighted by atomic mass is 35.5. The molecule has 1 aromatic rings. The Bertz CT molecular complexity index is 419. The molecule has 0 aromatic heterocycles. The normalized spacial score (nSPS) is 13.8. The largest absolute Gasteiger partial charge is 0.298 e. The summed E-state index contributed by atoms with van der Waals surface area (Å²) in [6, 6.07) is 8.98. The summed E-state index contributed by atoms with van der Waals surface area (Å²) in [7, 11) is 0. The Balaban J connectivity index is 2.89. The Morgan fingerprint density at radius 3 is 2.47 bits per heavy atom. The van der Waals surface area contributed by atoms with Crippen LogP contribution in [0.5, 0.6) is 0 Å².